The molecule has 1 aromatic rings. The van der Waals surface area contributed by atoms with Gasteiger partial charge in [0, 0.05) is 18.2 Å². The molecule has 2 nitrogen and oxygen atoms in total. The van der Waals surface area contributed by atoms with Gasteiger partial charge in [-0.2, -0.15) is 0 Å². The second kappa shape index (κ2) is 3.76. The van der Waals surface area contributed by atoms with Gasteiger partial charge in [-0.05, 0) is 12.5 Å². The van der Waals surface area contributed by atoms with Crippen LogP contribution in [0.3, 0.4) is 0 Å². The number of hydrogen-bond acceptors (Lipinski definition) is 1. The van der Waals surface area contributed by atoms with Gasteiger partial charge in [-0.15, -0.1) is 0 Å². The summed E-state index contributed by atoms with van der Waals surface area (Å²) in [6.07, 6.45) is 6.72. The number of allylic oxidation sites excluding steroid dienone is 1. The van der Waals surface area contributed by atoms with E-state index in [0.29, 0.717) is 0 Å². The zero-order valence-electron chi connectivity index (χ0n) is 6.57. The van der Waals surface area contributed by atoms with E-state index in [-0.39, 0.29) is 0 Å². The first-order valence-electron chi connectivity index (χ1n) is 3.58. The minimum atomic E-state index is 0.719. The molecule has 0 radical (unpaired) electrons. The first-order valence-corrected chi connectivity index (χ1v) is 3.58. The molecule has 0 atom stereocenters. The second-order valence-electron chi connectivity index (χ2n) is 2.46. The summed E-state index contributed by atoms with van der Waals surface area (Å²) in [5, 5.41) is 8.39. The molecule has 11 heavy (non-hydrogen) atoms. The van der Waals surface area contributed by atoms with Gasteiger partial charge in [0.05, 0.1) is 6.26 Å². The smallest absolute Gasteiger partial charge is 0.170 e. The van der Waals surface area contributed by atoms with Crippen LogP contribution in [0, 0.1) is 6.92 Å². The minimum Gasteiger partial charge on any atom is -0.516 e. The minimum absolute atomic E-state index is 0.719. The largest absolute Gasteiger partial charge is 0.516 e. The van der Waals surface area contributed by atoms with Gasteiger partial charge in [0.1, 0.15) is 0 Å². The fraction of sp³-hybridized carbons (Fsp3) is 0.222. The van der Waals surface area contributed by atoms with Crippen LogP contribution in [-0.2, 0) is 6.54 Å². The fourth-order valence-corrected chi connectivity index (χ4v) is 0.822. The van der Waals surface area contributed by atoms with Crippen molar-refractivity contribution in [3.05, 3.63) is 42.4 Å². The highest BCUT2D eigenvalue weighted by Gasteiger charge is 1.93. The SMILES string of the molecule is Cc1cc[n+](CC=CO)cc1. The summed E-state index contributed by atoms with van der Waals surface area (Å²) < 4.78 is 1.99. The Labute approximate surface area is 66.4 Å². The van der Waals surface area contributed by atoms with Crippen molar-refractivity contribution in [1.82, 2.24) is 0 Å². The Hall–Kier alpha value is -1.31. The topological polar surface area (TPSA) is 24.1 Å². The first-order chi connectivity index (χ1) is 5.33. The van der Waals surface area contributed by atoms with Crippen LogP contribution in [0.2, 0.25) is 0 Å². The van der Waals surface area contributed by atoms with E-state index in [9.17, 15) is 0 Å². The molecule has 1 heterocycles. The fourth-order valence-electron chi connectivity index (χ4n) is 0.822. The van der Waals surface area contributed by atoms with Crippen LogP contribution in [0.4, 0.5) is 0 Å². The molecular formula is C9H12NO+. The first kappa shape index (κ1) is 7.79. The van der Waals surface area contributed by atoms with Gasteiger partial charge in [0.25, 0.3) is 0 Å². The predicted octanol–water partition coefficient (Wildman–Crippen LogP) is 1.35. The quantitative estimate of drug-likeness (QED) is 0.499. The van der Waals surface area contributed by atoms with Crippen molar-refractivity contribution in [1.29, 1.82) is 0 Å². The summed E-state index contributed by atoms with van der Waals surface area (Å²) in [7, 11) is 0. The van der Waals surface area contributed by atoms with E-state index in [1.807, 2.05) is 36.0 Å². The van der Waals surface area contributed by atoms with Crippen molar-refractivity contribution in [2.75, 3.05) is 0 Å². The number of aliphatic hydroxyl groups is 1. The average Bonchev–Trinajstić information content (AvgIpc) is 2.04. The lowest BCUT2D eigenvalue weighted by atomic mass is 10.3. The monoisotopic (exact) mass is 150 g/mol. The van der Waals surface area contributed by atoms with Gasteiger partial charge in [-0.1, -0.05) is 0 Å². The molecule has 58 valence electrons. The van der Waals surface area contributed by atoms with Crippen molar-refractivity contribution < 1.29 is 9.67 Å². The molecule has 0 saturated carbocycles. The molecular weight excluding hydrogens is 138 g/mol. The maximum Gasteiger partial charge on any atom is 0.170 e. The normalized spacial score (nSPS) is 10.6. The standard InChI is InChI=1S/C9H11NO/c1-9-3-6-10(7-4-9)5-2-8-11/h2-4,6-8H,5H2,1H3/p+1. The molecule has 1 rings (SSSR count). The third-order valence-electron chi connectivity index (χ3n) is 1.48. The molecule has 0 unspecified atom stereocenters. The zero-order chi connectivity index (χ0) is 8.10. The van der Waals surface area contributed by atoms with Crippen LogP contribution in [-0.4, -0.2) is 5.11 Å². The van der Waals surface area contributed by atoms with Crippen molar-refractivity contribution in [3.8, 4) is 0 Å². The summed E-state index contributed by atoms with van der Waals surface area (Å²) in [5.74, 6) is 0. The molecule has 2 heteroatoms. The molecule has 1 aromatic heterocycles. The third-order valence-corrected chi connectivity index (χ3v) is 1.48. The number of pyridine rings is 1. The lowest BCUT2D eigenvalue weighted by molar-refractivity contribution is -0.687. The molecule has 0 aliphatic rings. The maximum absolute atomic E-state index is 8.39. The van der Waals surface area contributed by atoms with Crippen LogP contribution in [0.25, 0.3) is 0 Å². The number of hydrogen-bond donors (Lipinski definition) is 1. The Kier molecular flexibility index (Phi) is 2.66. The van der Waals surface area contributed by atoms with E-state index < -0.39 is 0 Å². The Morgan fingerprint density at radius 3 is 2.64 bits per heavy atom. The van der Waals surface area contributed by atoms with Gasteiger partial charge < -0.3 is 5.11 Å². The summed E-state index contributed by atoms with van der Waals surface area (Å²) in [5.41, 5.74) is 1.24. The van der Waals surface area contributed by atoms with E-state index in [1.54, 1.807) is 6.08 Å². The molecule has 0 aliphatic carbocycles. The van der Waals surface area contributed by atoms with Crippen molar-refractivity contribution >= 4 is 0 Å². The van der Waals surface area contributed by atoms with Crippen LogP contribution in [0.1, 0.15) is 5.56 Å². The summed E-state index contributed by atoms with van der Waals surface area (Å²) in [6.45, 7) is 2.77. The van der Waals surface area contributed by atoms with Crippen molar-refractivity contribution in [2.24, 2.45) is 0 Å². The second-order valence-corrected chi connectivity index (χ2v) is 2.46. The Balaban J connectivity index is 2.66. The highest BCUT2D eigenvalue weighted by Crippen LogP contribution is 1.89. The van der Waals surface area contributed by atoms with Crippen LogP contribution < -0.4 is 4.57 Å². The van der Waals surface area contributed by atoms with Crippen LogP contribution in [0.15, 0.2) is 36.9 Å². The van der Waals surface area contributed by atoms with Crippen molar-refractivity contribution in [3.63, 3.8) is 0 Å². The highest BCUT2D eigenvalue weighted by atomic mass is 16.2. The maximum atomic E-state index is 8.39. The highest BCUT2D eigenvalue weighted by molar-refractivity contribution is 5.03. The molecule has 0 amide bonds. The molecule has 0 bridgehead atoms. The number of rotatable bonds is 2. The molecule has 0 saturated heterocycles. The number of nitrogens with zero attached hydrogens (tertiary/aromatic N) is 1. The number of aryl methyl sites for hydroxylation is 1. The molecule has 0 fully saturated rings. The zero-order valence-corrected chi connectivity index (χ0v) is 6.57. The summed E-state index contributed by atoms with van der Waals surface area (Å²) >= 11 is 0. The summed E-state index contributed by atoms with van der Waals surface area (Å²) in [6, 6.07) is 4.07. The average molecular weight is 150 g/mol. The van der Waals surface area contributed by atoms with Gasteiger partial charge >= 0.3 is 0 Å². The van der Waals surface area contributed by atoms with E-state index in [1.165, 1.54) is 5.56 Å². The van der Waals surface area contributed by atoms with E-state index in [2.05, 4.69) is 0 Å². The van der Waals surface area contributed by atoms with Crippen LogP contribution >= 0.6 is 0 Å². The predicted molar refractivity (Wildman–Crippen MR) is 43.1 cm³/mol. The molecule has 0 aliphatic heterocycles. The Morgan fingerprint density at radius 1 is 1.45 bits per heavy atom. The van der Waals surface area contributed by atoms with Crippen LogP contribution in [0.5, 0.6) is 0 Å². The summed E-state index contributed by atoms with van der Waals surface area (Å²) in [4.78, 5) is 0. The third kappa shape index (κ3) is 2.42. The molecule has 0 aromatic carbocycles. The molecule has 1 N–H and O–H groups in total. The van der Waals surface area contributed by atoms with E-state index in [0.717, 1.165) is 12.8 Å². The Morgan fingerprint density at radius 2 is 2.09 bits per heavy atom. The van der Waals surface area contributed by atoms with Gasteiger partial charge in [0.15, 0.2) is 18.9 Å². The number of aliphatic hydroxyl groups excluding tert-OH is 1. The molecule has 0 spiro atoms. The van der Waals surface area contributed by atoms with Gasteiger partial charge in [0.2, 0.25) is 0 Å². The lowest BCUT2D eigenvalue weighted by Gasteiger charge is -1.90. The van der Waals surface area contributed by atoms with E-state index in [4.69, 9.17) is 5.11 Å². The number of aromatic nitrogens is 1. The Bertz CT molecular complexity index is 238. The lowest BCUT2D eigenvalue weighted by Crippen LogP contribution is -2.31. The van der Waals surface area contributed by atoms with Crippen molar-refractivity contribution in [2.45, 2.75) is 13.5 Å². The van der Waals surface area contributed by atoms with E-state index >= 15 is 0 Å². The van der Waals surface area contributed by atoms with Gasteiger partial charge in [-0.3, -0.25) is 0 Å². The van der Waals surface area contributed by atoms with Gasteiger partial charge in [-0.25, -0.2) is 4.57 Å².